The van der Waals surface area contributed by atoms with Gasteiger partial charge in [0.1, 0.15) is 6.61 Å². The summed E-state index contributed by atoms with van der Waals surface area (Å²) in [6.45, 7) is 4.99. The van der Waals surface area contributed by atoms with Crippen molar-refractivity contribution < 1.29 is 19.0 Å². The second kappa shape index (κ2) is 4.42. The summed E-state index contributed by atoms with van der Waals surface area (Å²) in [5, 5.41) is 0. The zero-order valence-electron chi connectivity index (χ0n) is 7.41. The van der Waals surface area contributed by atoms with Crippen LogP contribution < -0.4 is 0 Å². The van der Waals surface area contributed by atoms with Crippen LogP contribution in [0.3, 0.4) is 0 Å². The summed E-state index contributed by atoms with van der Waals surface area (Å²) in [6.07, 6.45) is -0.506. The Morgan fingerprint density at radius 2 is 2.25 bits per heavy atom. The van der Waals surface area contributed by atoms with E-state index in [9.17, 15) is 4.79 Å². The van der Waals surface area contributed by atoms with Crippen LogP contribution in [0.1, 0.15) is 13.8 Å². The zero-order chi connectivity index (χ0) is 8.97. The Kier molecular flexibility index (Phi) is 3.49. The smallest absolute Gasteiger partial charge is 0.310 e. The van der Waals surface area contributed by atoms with Gasteiger partial charge < -0.3 is 14.2 Å². The van der Waals surface area contributed by atoms with Gasteiger partial charge in [-0.25, -0.2) is 0 Å². The first-order valence-electron chi connectivity index (χ1n) is 4.10. The van der Waals surface area contributed by atoms with Gasteiger partial charge in [-0.05, 0) is 0 Å². The van der Waals surface area contributed by atoms with Crippen LogP contribution in [0.2, 0.25) is 0 Å². The normalized spacial score (nSPS) is 24.1. The first-order chi connectivity index (χ1) is 5.70. The molecular weight excluding hydrogens is 160 g/mol. The SMILES string of the molecule is CC(C)C(=O)O[C@H]1COCCO1. The van der Waals surface area contributed by atoms with Crippen LogP contribution >= 0.6 is 0 Å². The molecule has 4 nitrogen and oxygen atoms in total. The van der Waals surface area contributed by atoms with Crippen LogP contribution in [0.15, 0.2) is 0 Å². The van der Waals surface area contributed by atoms with Crippen molar-refractivity contribution in [3.8, 4) is 0 Å². The summed E-state index contributed by atoms with van der Waals surface area (Å²) in [5.41, 5.74) is 0. The van der Waals surface area contributed by atoms with Gasteiger partial charge in [0.05, 0.1) is 19.1 Å². The number of esters is 1. The van der Waals surface area contributed by atoms with Crippen molar-refractivity contribution in [2.45, 2.75) is 20.1 Å². The first kappa shape index (κ1) is 9.48. The Bertz CT molecular complexity index is 149. The lowest BCUT2D eigenvalue weighted by Crippen LogP contribution is -2.33. The minimum atomic E-state index is -0.506. The van der Waals surface area contributed by atoms with Gasteiger partial charge in [0.25, 0.3) is 0 Å². The summed E-state index contributed by atoms with van der Waals surface area (Å²) in [4.78, 5) is 11.1. The fourth-order valence-corrected chi connectivity index (χ4v) is 0.800. The van der Waals surface area contributed by atoms with E-state index in [-0.39, 0.29) is 11.9 Å². The molecule has 0 aromatic heterocycles. The van der Waals surface area contributed by atoms with E-state index in [4.69, 9.17) is 14.2 Å². The largest absolute Gasteiger partial charge is 0.433 e. The number of carbonyl (C=O) groups excluding carboxylic acids is 1. The van der Waals surface area contributed by atoms with E-state index in [2.05, 4.69) is 0 Å². The van der Waals surface area contributed by atoms with E-state index in [1.54, 1.807) is 13.8 Å². The number of rotatable bonds is 2. The molecular formula is C8H14O4. The second-order valence-corrected chi connectivity index (χ2v) is 2.97. The van der Waals surface area contributed by atoms with Crippen LogP contribution in [0, 0.1) is 5.92 Å². The summed E-state index contributed by atoms with van der Waals surface area (Å²) in [7, 11) is 0. The van der Waals surface area contributed by atoms with Gasteiger partial charge in [0, 0.05) is 0 Å². The highest BCUT2D eigenvalue weighted by Crippen LogP contribution is 2.05. The van der Waals surface area contributed by atoms with Crippen LogP contribution in [0.25, 0.3) is 0 Å². The molecule has 1 aliphatic rings. The van der Waals surface area contributed by atoms with Crippen molar-refractivity contribution in [2.24, 2.45) is 5.92 Å². The fourth-order valence-electron chi connectivity index (χ4n) is 0.800. The molecule has 1 saturated heterocycles. The monoisotopic (exact) mass is 174 g/mol. The van der Waals surface area contributed by atoms with E-state index >= 15 is 0 Å². The topological polar surface area (TPSA) is 44.8 Å². The van der Waals surface area contributed by atoms with Gasteiger partial charge in [0.2, 0.25) is 6.29 Å². The van der Waals surface area contributed by atoms with E-state index < -0.39 is 6.29 Å². The number of hydrogen-bond acceptors (Lipinski definition) is 4. The molecule has 12 heavy (non-hydrogen) atoms. The minimum Gasteiger partial charge on any atom is -0.433 e. The Morgan fingerprint density at radius 3 is 2.75 bits per heavy atom. The van der Waals surface area contributed by atoms with Crippen molar-refractivity contribution in [1.82, 2.24) is 0 Å². The van der Waals surface area contributed by atoms with Crippen LogP contribution in [0.4, 0.5) is 0 Å². The Hall–Kier alpha value is -0.610. The van der Waals surface area contributed by atoms with Gasteiger partial charge in [0.15, 0.2) is 0 Å². The van der Waals surface area contributed by atoms with Gasteiger partial charge in [-0.3, -0.25) is 4.79 Å². The maximum Gasteiger partial charge on any atom is 0.310 e. The summed E-state index contributed by atoms with van der Waals surface area (Å²) in [5.74, 6) is -0.360. The molecule has 0 spiro atoms. The van der Waals surface area contributed by atoms with Crippen molar-refractivity contribution in [2.75, 3.05) is 19.8 Å². The Balaban J connectivity index is 2.24. The minimum absolute atomic E-state index is 0.115. The van der Waals surface area contributed by atoms with E-state index in [1.165, 1.54) is 0 Å². The lowest BCUT2D eigenvalue weighted by atomic mass is 10.2. The molecule has 0 bridgehead atoms. The molecule has 70 valence electrons. The molecule has 1 rings (SSSR count). The molecule has 0 aliphatic carbocycles. The molecule has 4 heteroatoms. The van der Waals surface area contributed by atoms with Crippen molar-refractivity contribution >= 4 is 5.97 Å². The van der Waals surface area contributed by atoms with E-state index in [0.717, 1.165) is 0 Å². The molecule has 1 atom stereocenters. The third-order valence-corrected chi connectivity index (χ3v) is 1.50. The zero-order valence-corrected chi connectivity index (χ0v) is 7.41. The molecule has 0 aromatic rings. The first-order valence-corrected chi connectivity index (χ1v) is 4.10. The van der Waals surface area contributed by atoms with Gasteiger partial charge in [-0.1, -0.05) is 13.8 Å². The average Bonchev–Trinajstić information content (AvgIpc) is 2.06. The molecule has 0 N–H and O–H groups in total. The van der Waals surface area contributed by atoms with E-state index in [1.807, 2.05) is 0 Å². The molecule has 0 radical (unpaired) electrons. The third-order valence-electron chi connectivity index (χ3n) is 1.50. The number of carbonyl (C=O) groups is 1. The molecule has 0 amide bonds. The molecule has 0 aromatic carbocycles. The molecule has 0 saturated carbocycles. The average molecular weight is 174 g/mol. The quantitative estimate of drug-likeness (QED) is 0.574. The summed E-state index contributed by atoms with van der Waals surface area (Å²) < 4.78 is 15.2. The summed E-state index contributed by atoms with van der Waals surface area (Å²) in [6, 6.07) is 0. The lowest BCUT2D eigenvalue weighted by molar-refractivity contribution is -0.216. The van der Waals surface area contributed by atoms with Crippen molar-refractivity contribution in [3.05, 3.63) is 0 Å². The Labute approximate surface area is 71.8 Å². The van der Waals surface area contributed by atoms with Crippen LogP contribution in [0.5, 0.6) is 0 Å². The van der Waals surface area contributed by atoms with Gasteiger partial charge >= 0.3 is 5.97 Å². The molecule has 1 heterocycles. The highest BCUT2D eigenvalue weighted by molar-refractivity contribution is 5.71. The van der Waals surface area contributed by atoms with Crippen LogP contribution in [-0.4, -0.2) is 32.1 Å². The van der Waals surface area contributed by atoms with Crippen molar-refractivity contribution in [1.29, 1.82) is 0 Å². The lowest BCUT2D eigenvalue weighted by Gasteiger charge is -2.23. The number of ether oxygens (including phenoxy) is 3. The van der Waals surface area contributed by atoms with Crippen molar-refractivity contribution in [3.63, 3.8) is 0 Å². The standard InChI is InChI=1S/C8H14O4/c1-6(2)8(9)12-7-5-10-3-4-11-7/h6-7H,3-5H2,1-2H3/t7-/m0/s1. The van der Waals surface area contributed by atoms with Gasteiger partial charge in [-0.2, -0.15) is 0 Å². The predicted molar refractivity (Wildman–Crippen MR) is 41.5 cm³/mol. The highest BCUT2D eigenvalue weighted by Gasteiger charge is 2.20. The van der Waals surface area contributed by atoms with E-state index in [0.29, 0.717) is 19.8 Å². The highest BCUT2D eigenvalue weighted by atomic mass is 16.7. The van der Waals surface area contributed by atoms with Crippen LogP contribution in [-0.2, 0) is 19.0 Å². The fraction of sp³-hybridized carbons (Fsp3) is 0.875. The molecule has 1 aliphatic heterocycles. The number of hydrogen-bond donors (Lipinski definition) is 0. The molecule has 0 unspecified atom stereocenters. The van der Waals surface area contributed by atoms with Gasteiger partial charge in [-0.15, -0.1) is 0 Å². The maximum atomic E-state index is 11.1. The summed E-state index contributed by atoms with van der Waals surface area (Å²) >= 11 is 0. The maximum absolute atomic E-state index is 11.1. The predicted octanol–water partition coefficient (Wildman–Crippen LogP) is 0.558. The Morgan fingerprint density at radius 1 is 1.50 bits per heavy atom. The molecule has 1 fully saturated rings. The second-order valence-electron chi connectivity index (χ2n) is 2.97. The third kappa shape index (κ3) is 2.79.